The molecule has 0 N–H and O–H groups in total. The molecule has 0 radical (unpaired) electrons. The Kier molecular flexibility index (Phi) is 10.8. The van der Waals surface area contributed by atoms with Crippen molar-refractivity contribution in [3.05, 3.63) is 84.4 Å². The van der Waals surface area contributed by atoms with Crippen LogP contribution in [0.15, 0.2) is 73.3 Å². The summed E-state index contributed by atoms with van der Waals surface area (Å²) in [6, 6.07) is 16.3. The lowest BCUT2D eigenvalue weighted by Crippen LogP contribution is -2.63. The van der Waals surface area contributed by atoms with Gasteiger partial charge in [-0.3, -0.25) is 9.59 Å². The van der Waals surface area contributed by atoms with E-state index < -0.39 is 67.1 Å². The first kappa shape index (κ1) is 28.8. The van der Waals surface area contributed by atoms with Crippen LogP contribution in [0.1, 0.15) is 27.6 Å². The molecule has 1 fully saturated rings. The predicted octanol–water partition coefficient (Wildman–Crippen LogP) is 3.08. The first-order valence-electron chi connectivity index (χ1n) is 11.6. The van der Waals surface area contributed by atoms with Crippen molar-refractivity contribution in [3.8, 4) is 0 Å². The average molecular weight is 547 g/mol. The lowest BCUT2D eigenvalue weighted by atomic mass is 9.98. The Labute approximate surface area is 224 Å². The molecule has 0 aliphatic carbocycles. The monoisotopic (exact) mass is 546 g/mol. The van der Waals surface area contributed by atoms with Crippen molar-refractivity contribution >= 4 is 35.5 Å². The van der Waals surface area contributed by atoms with Gasteiger partial charge in [0.25, 0.3) is 0 Å². The van der Waals surface area contributed by atoms with Gasteiger partial charge in [-0.15, -0.1) is 18.2 Å². The van der Waals surface area contributed by atoms with Gasteiger partial charge in [0.1, 0.15) is 18.6 Å². The number of alkyl halides is 1. The van der Waals surface area contributed by atoms with Crippen molar-refractivity contribution in [1.29, 1.82) is 0 Å². The molecule has 1 heterocycles. The number of ether oxygens (including phenoxy) is 6. The molecular weight excluding hydrogens is 520 g/mol. The van der Waals surface area contributed by atoms with Gasteiger partial charge in [-0.1, -0.05) is 42.5 Å². The summed E-state index contributed by atoms with van der Waals surface area (Å²) in [5.41, 5.74) is 0.493. The van der Waals surface area contributed by atoms with Crippen molar-refractivity contribution in [3.63, 3.8) is 0 Å². The Morgan fingerprint density at radius 2 is 1.47 bits per heavy atom. The molecule has 2 aromatic carbocycles. The first-order chi connectivity index (χ1) is 18.3. The van der Waals surface area contributed by atoms with Gasteiger partial charge in [-0.2, -0.15) is 0 Å². The summed E-state index contributed by atoms with van der Waals surface area (Å²) < 4.78 is 33.6. The van der Waals surface area contributed by atoms with E-state index in [1.165, 1.54) is 18.2 Å². The van der Waals surface area contributed by atoms with Gasteiger partial charge in [-0.05, 0) is 24.3 Å². The van der Waals surface area contributed by atoms with Crippen LogP contribution in [0.3, 0.4) is 0 Å². The highest BCUT2D eigenvalue weighted by Gasteiger charge is 2.53. The zero-order chi connectivity index (χ0) is 27.5. The number of carbonyl (C=O) groups is 4. The highest BCUT2D eigenvalue weighted by Crippen LogP contribution is 2.30. The summed E-state index contributed by atoms with van der Waals surface area (Å²) in [6.07, 6.45) is -5.20. The molecule has 202 valence electrons. The minimum Gasteiger partial charge on any atom is -0.459 e. The molecule has 5 atom stereocenters. The second-order valence-corrected chi connectivity index (χ2v) is 8.29. The number of carbonyl (C=O) groups excluding carboxylic acids is 4. The Morgan fingerprint density at radius 1 is 0.868 bits per heavy atom. The number of benzene rings is 2. The standard InChI is InChI=1S/C27H27ClO10/c1-3-14-33-27-24(38-26(32)19-12-8-5-9-13-19)23(37-21(30)15-28)22(35-17(2)29)20(36-27)16-34-25(31)18-10-6-4-7-11-18/h3-13,20,22-24,27H,1,14-16H2,2H3/t20-,22-,23+,24-,27+/m1/s1. The maximum atomic E-state index is 12.9. The van der Waals surface area contributed by atoms with E-state index in [1.54, 1.807) is 48.5 Å². The summed E-state index contributed by atoms with van der Waals surface area (Å²) in [7, 11) is 0. The smallest absolute Gasteiger partial charge is 0.338 e. The van der Waals surface area contributed by atoms with Crippen molar-refractivity contribution in [2.75, 3.05) is 19.1 Å². The fraction of sp³-hybridized carbons (Fsp3) is 0.333. The molecule has 0 saturated carbocycles. The van der Waals surface area contributed by atoms with E-state index in [0.29, 0.717) is 0 Å². The predicted molar refractivity (Wildman–Crippen MR) is 133 cm³/mol. The maximum absolute atomic E-state index is 12.9. The Bertz CT molecular complexity index is 1110. The van der Waals surface area contributed by atoms with E-state index in [9.17, 15) is 19.2 Å². The number of esters is 4. The van der Waals surface area contributed by atoms with Crippen molar-refractivity contribution in [2.45, 2.75) is 37.6 Å². The van der Waals surface area contributed by atoms with Crippen molar-refractivity contribution in [2.24, 2.45) is 0 Å². The van der Waals surface area contributed by atoms with E-state index in [0.717, 1.165) is 6.92 Å². The van der Waals surface area contributed by atoms with Gasteiger partial charge < -0.3 is 28.4 Å². The maximum Gasteiger partial charge on any atom is 0.338 e. The SMILES string of the molecule is C=CCO[C@H]1O[C@H](COC(=O)c2ccccc2)[C@@H](OC(C)=O)[C@H](OC(=O)CCl)[C@H]1OC(=O)c1ccccc1. The summed E-state index contributed by atoms with van der Waals surface area (Å²) in [6.45, 7) is 4.29. The zero-order valence-electron chi connectivity index (χ0n) is 20.5. The molecule has 0 spiro atoms. The summed E-state index contributed by atoms with van der Waals surface area (Å²) >= 11 is 5.67. The molecule has 38 heavy (non-hydrogen) atoms. The number of hydrogen-bond acceptors (Lipinski definition) is 10. The second kappa shape index (κ2) is 14.3. The molecule has 1 aliphatic rings. The number of rotatable bonds is 11. The molecule has 0 unspecified atom stereocenters. The average Bonchev–Trinajstić information content (AvgIpc) is 2.93. The van der Waals surface area contributed by atoms with Gasteiger partial charge in [0.05, 0.1) is 17.7 Å². The van der Waals surface area contributed by atoms with Gasteiger partial charge in [0.15, 0.2) is 24.6 Å². The van der Waals surface area contributed by atoms with Crippen LogP contribution in [-0.2, 0) is 38.0 Å². The van der Waals surface area contributed by atoms with Gasteiger partial charge in [0, 0.05) is 6.92 Å². The van der Waals surface area contributed by atoms with Gasteiger partial charge in [0.2, 0.25) is 0 Å². The van der Waals surface area contributed by atoms with Crippen LogP contribution >= 0.6 is 11.6 Å². The highest BCUT2D eigenvalue weighted by atomic mass is 35.5. The lowest BCUT2D eigenvalue weighted by Gasteiger charge is -2.44. The van der Waals surface area contributed by atoms with Crippen LogP contribution in [0, 0.1) is 0 Å². The molecule has 0 aromatic heterocycles. The third kappa shape index (κ3) is 7.88. The highest BCUT2D eigenvalue weighted by molar-refractivity contribution is 6.26. The molecule has 3 rings (SSSR count). The number of halogens is 1. The minimum absolute atomic E-state index is 0.0328. The normalized spacial score (nSPS) is 22.5. The van der Waals surface area contributed by atoms with E-state index in [4.69, 9.17) is 40.0 Å². The molecule has 1 aliphatic heterocycles. The topological polar surface area (TPSA) is 124 Å². The minimum atomic E-state index is -1.41. The van der Waals surface area contributed by atoms with Crippen LogP contribution in [0.25, 0.3) is 0 Å². The third-order valence-corrected chi connectivity index (χ3v) is 5.51. The van der Waals surface area contributed by atoms with Crippen LogP contribution < -0.4 is 0 Å². The van der Waals surface area contributed by atoms with Crippen LogP contribution in [0.2, 0.25) is 0 Å². The lowest BCUT2D eigenvalue weighted by molar-refractivity contribution is -0.301. The largest absolute Gasteiger partial charge is 0.459 e. The first-order valence-corrected chi connectivity index (χ1v) is 12.2. The molecule has 1 saturated heterocycles. The van der Waals surface area contributed by atoms with Crippen molar-refractivity contribution < 1.29 is 47.6 Å². The third-order valence-electron chi connectivity index (χ3n) is 5.29. The van der Waals surface area contributed by atoms with Crippen molar-refractivity contribution in [1.82, 2.24) is 0 Å². The summed E-state index contributed by atoms with van der Waals surface area (Å²) in [4.78, 5) is 49.7. The molecule has 0 bridgehead atoms. The molecular formula is C27H27ClO10. The molecule has 11 heteroatoms. The van der Waals surface area contributed by atoms with E-state index in [2.05, 4.69) is 6.58 Å². The summed E-state index contributed by atoms with van der Waals surface area (Å²) in [5, 5.41) is 0. The van der Waals surface area contributed by atoms with Crippen LogP contribution in [0.4, 0.5) is 0 Å². The fourth-order valence-electron chi connectivity index (χ4n) is 3.67. The zero-order valence-corrected chi connectivity index (χ0v) is 21.3. The van der Waals surface area contributed by atoms with Crippen LogP contribution in [-0.4, -0.2) is 73.7 Å². The van der Waals surface area contributed by atoms with Gasteiger partial charge >= 0.3 is 23.9 Å². The number of hydrogen-bond donors (Lipinski definition) is 0. The second-order valence-electron chi connectivity index (χ2n) is 8.03. The summed E-state index contributed by atoms with van der Waals surface area (Å²) in [5.74, 6) is -3.59. The Hall–Kier alpha value is -3.73. The Balaban J connectivity index is 1.93. The van der Waals surface area contributed by atoms with Crippen LogP contribution in [0.5, 0.6) is 0 Å². The van der Waals surface area contributed by atoms with E-state index >= 15 is 0 Å². The van der Waals surface area contributed by atoms with Gasteiger partial charge in [-0.25, -0.2) is 9.59 Å². The quantitative estimate of drug-likeness (QED) is 0.180. The van der Waals surface area contributed by atoms with E-state index in [1.807, 2.05) is 0 Å². The van der Waals surface area contributed by atoms with E-state index in [-0.39, 0.29) is 17.7 Å². The molecule has 10 nitrogen and oxygen atoms in total. The Morgan fingerprint density at radius 3 is 2.03 bits per heavy atom. The fourth-order valence-corrected chi connectivity index (χ4v) is 3.73. The molecule has 2 aromatic rings. The molecule has 0 amide bonds.